The molecule has 2 rings (SSSR count). The van der Waals surface area contributed by atoms with Crippen LogP contribution in [0, 0.1) is 5.92 Å². The molecule has 200 valence electrons. The van der Waals surface area contributed by atoms with Crippen molar-refractivity contribution >= 4 is 23.9 Å². The van der Waals surface area contributed by atoms with Crippen molar-refractivity contribution < 1.29 is 28.7 Å². The van der Waals surface area contributed by atoms with Gasteiger partial charge in [0.15, 0.2) is 0 Å². The van der Waals surface area contributed by atoms with Crippen LogP contribution in [0.15, 0.2) is 0 Å². The molecule has 0 aromatic heterocycles. The van der Waals surface area contributed by atoms with Gasteiger partial charge in [-0.15, -0.1) is 0 Å². The first-order valence-corrected chi connectivity index (χ1v) is 13.3. The molecule has 35 heavy (non-hydrogen) atoms. The molecule has 0 aromatic carbocycles. The Morgan fingerprint density at radius 2 is 1.60 bits per heavy atom. The number of amides is 3. The van der Waals surface area contributed by atoms with Crippen molar-refractivity contribution in [2.45, 2.75) is 123 Å². The first kappa shape index (κ1) is 28.9. The smallest absolute Gasteiger partial charge is 0.408 e. The Morgan fingerprint density at radius 3 is 2.20 bits per heavy atom. The van der Waals surface area contributed by atoms with E-state index in [0.29, 0.717) is 25.8 Å². The average molecular weight is 496 g/mol. The molecule has 2 fully saturated rings. The Bertz CT molecular complexity index is 735. The third kappa shape index (κ3) is 9.33. The van der Waals surface area contributed by atoms with Crippen LogP contribution in [0.5, 0.6) is 0 Å². The molecule has 2 aliphatic rings. The van der Waals surface area contributed by atoms with Crippen LogP contribution in [0.4, 0.5) is 4.79 Å². The van der Waals surface area contributed by atoms with Crippen molar-refractivity contribution in [3.05, 3.63) is 0 Å². The van der Waals surface area contributed by atoms with E-state index in [1.54, 1.807) is 32.6 Å². The molecule has 2 N–H and O–H groups in total. The summed E-state index contributed by atoms with van der Waals surface area (Å²) in [7, 11) is 0. The highest BCUT2D eigenvalue weighted by atomic mass is 16.6. The quantitative estimate of drug-likeness (QED) is 0.577. The highest BCUT2D eigenvalue weighted by Gasteiger charge is 2.43. The van der Waals surface area contributed by atoms with Crippen LogP contribution in [-0.2, 0) is 23.9 Å². The fourth-order valence-corrected chi connectivity index (χ4v) is 4.83. The molecule has 0 bridgehead atoms. The van der Waals surface area contributed by atoms with Crippen LogP contribution in [-0.4, -0.2) is 65.7 Å². The topological polar surface area (TPSA) is 114 Å². The van der Waals surface area contributed by atoms with Gasteiger partial charge in [-0.2, -0.15) is 0 Å². The Hall–Kier alpha value is -2.32. The van der Waals surface area contributed by atoms with Crippen LogP contribution in [0.1, 0.15) is 98.8 Å². The minimum atomic E-state index is -0.765. The predicted molar refractivity (Wildman–Crippen MR) is 133 cm³/mol. The van der Waals surface area contributed by atoms with E-state index in [-0.39, 0.29) is 24.3 Å². The number of alkyl carbamates (subject to hydrolysis) is 1. The Morgan fingerprint density at radius 1 is 1.00 bits per heavy atom. The molecule has 4 atom stereocenters. The lowest BCUT2D eigenvalue weighted by molar-refractivity contribution is -0.149. The number of carbonyl (C=O) groups is 4. The van der Waals surface area contributed by atoms with Gasteiger partial charge >= 0.3 is 12.1 Å². The number of hydrogen-bond donors (Lipinski definition) is 2. The second-order valence-electron chi connectivity index (χ2n) is 10.8. The highest BCUT2D eigenvalue weighted by Crippen LogP contribution is 2.26. The Labute approximate surface area is 210 Å². The van der Waals surface area contributed by atoms with Crippen molar-refractivity contribution in [1.29, 1.82) is 0 Å². The lowest BCUT2D eigenvalue weighted by Crippen LogP contribution is -2.56. The highest BCUT2D eigenvalue weighted by molar-refractivity contribution is 5.93. The van der Waals surface area contributed by atoms with Crippen LogP contribution >= 0.6 is 0 Å². The number of fused-ring (bicyclic) bond motifs is 1. The monoisotopic (exact) mass is 495 g/mol. The zero-order chi connectivity index (χ0) is 26.0. The van der Waals surface area contributed by atoms with E-state index in [4.69, 9.17) is 9.47 Å². The van der Waals surface area contributed by atoms with Gasteiger partial charge in [0, 0.05) is 6.54 Å². The zero-order valence-corrected chi connectivity index (χ0v) is 22.2. The minimum absolute atomic E-state index is 0.0668. The van der Waals surface area contributed by atoms with E-state index in [0.717, 1.165) is 44.9 Å². The van der Waals surface area contributed by atoms with Crippen molar-refractivity contribution in [1.82, 2.24) is 15.5 Å². The first-order valence-electron chi connectivity index (χ1n) is 13.3. The van der Waals surface area contributed by atoms with E-state index < -0.39 is 35.8 Å². The van der Waals surface area contributed by atoms with E-state index in [1.165, 1.54) is 0 Å². The van der Waals surface area contributed by atoms with Crippen LogP contribution in [0.25, 0.3) is 0 Å². The maximum Gasteiger partial charge on any atom is 0.408 e. The van der Waals surface area contributed by atoms with E-state index in [9.17, 15) is 19.2 Å². The summed E-state index contributed by atoms with van der Waals surface area (Å²) in [5, 5.41) is 5.63. The van der Waals surface area contributed by atoms with Gasteiger partial charge in [0.1, 0.15) is 23.7 Å². The standard InChI is InChI=1S/C26H45N3O6/c1-6-34-24(32)20-15-13-11-9-7-8-10-12-14-19(28-25(33)35-26(3,4)5)23(31)29-17-16-18(2)21(29)22(30)27-20/h18-21H,6-17H2,1-5H3,(H,27,30)(H,28,33)/t18-,19-,20-,21-/m0/s1. The predicted octanol–water partition coefficient (Wildman–Crippen LogP) is 3.69. The molecule has 0 radical (unpaired) electrons. The van der Waals surface area contributed by atoms with Gasteiger partial charge in [-0.3, -0.25) is 9.59 Å². The van der Waals surface area contributed by atoms with E-state index in [2.05, 4.69) is 10.6 Å². The third-order valence-electron chi connectivity index (χ3n) is 6.61. The summed E-state index contributed by atoms with van der Waals surface area (Å²) in [6.45, 7) is 9.67. The van der Waals surface area contributed by atoms with Gasteiger partial charge in [-0.25, -0.2) is 9.59 Å². The second-order valence-corrected chi connectivity index (χ2v) is 10.8. The number of ether oxygens (including phenoxy) is 2. The molecule has 9 heteroatoms. The van der Waals surface area contributed by atoms with Crippen LogP contribution in [0.2, 0.25) is 0 Å². The summed E-state index contributed by atoms with van der Waals surface area (Å²) in [5.41, 5.74) is -0.682. The molecule has 9 nitrogen and oxygen atoms in total. The van der Waals surface area contributed by atoms with Gasteiger partial charge in [0.2, 0.25) is 11.8 Å². The molecule has 0 spiro atoms. The Balaban J connectivity index is 2.25. The molecular weight excluding hydrogens is 450 g/mol. The lowest BCUT2D eigenvalue weighted by atomic mass is 9.99. The maximum absolute atomic E-state index is 13.6. The number of esters is 1. The lowest BCUT2D eigenvalue weighted by Gasteiger charge is -2.31. The summed E-state index contributed by atoms with van der Waals surface area (Å²) in [6.07, 6.45) is 7.79. The molecular formula is C26H45N3O6. The number of nitrogens with one attached hydrogen (secondary N) is 2. The molecule has 0 aromatic rings. The summed E-state index contributed by atoms with van der Waals surface area (Å²) >= 11 is 0. The normalized spacial score (nSPS) is 27.5. The number of carbonyl (C=O) groups excluding carboxylic acids is 4. The Kier molecular flexibility index (Phi) is 11.3. The van der Waals surface area contributed by atoms with Crippen molar-refractivity contribution in [3.8, 4) is 0 Å². The largest absolute Gasteiger partial charge is 0.464 e. The van der Waals surface area contributed by atoms with Crippen LogP contribution < -0.4 is 10.6 Å². The molecule has 0 unspecified atom stereocenters. The fraction of sp³-hybridized carbons (Fsp3) is 0.846. The molecule has 0 saturated carbocycles. The molecule has 3 amide bonds. The third-order valence-corrected chi connectivity index (χ3v) is 6.61. The van der Waals surface area contributed by atoms with E-state index in [1.807, 2.05) is 6.92 Å². The zero-order valence-electron chi connectivity index (χ0n) is 22.2. The van der Waals surface area contributed by atoms with Gasteiger partial charge in [0.05, 0.1) is 6.61 Å². The van der Waals surface area contributed by atoms with Gasteiger partial charge in [-0.05, 0) is 52.9 Å². The molecule has 2 aliphatic heterocycles. The second kappa shape index (κ2) is 13.7. The summed E-state index contributed by atoms with van der Waals surface area (Å²) in [4.78, 5) is 53.6. The molecule has 2 saturated heterocycles. The number of nitrogens with zero attached hydrogens (tertiary/aromatic N) is 1. The average Bonchev–Trinajstić information content (AvgIpc) is 3.15. The summed E-state index contributed by atoms with van der Waals surface area (Å²) in [5.74, 6) is -1.12. The maximum atomic E-state index is 13.6. The summed E-state index contributed by atoms with van der Waals surface area (Å²) < 4.78 is 10.6. The van der Waals surface area contributed by atoms with Gasteiger partial charge < -0.3 is 25.0 Å². The minimum Gasteiger partial charge on any atom is -0.464 e. The fourth-order valence-electron chi connectivity index (χ4n) is 4.83. The first-order chi connectivity index (χ1) is 16.5. The van der Waals surface area contributed by atoms with E-state index >= 15 is 0 Å². The van der Waals surface area contributed by atoms with Crippen molar-refractivity contribution in [3.63, 3.8) is 0 Å². The molecule has 2 heterocycles. The van der Waals surface area contributed by atoms with Crippen LogP contribution in [0.3, 0.4) is 0 Å². The van der Waals surface area contributed by atoms with Gasteiger partial charge in [0.25, 0.3) is 0 Å². The van der Waals surface area contributed by atoms with Crippen molar-refractivity contribution in [2.75, 3.05) is 13.2 Å². The number of rotatable bonds is 3. The van der Waals surface area contributed by atoms with Crippen molar-refractivity contribution in [2.24, 2.45) is 5.92 Å². The SMILES string of the molecule is CCOC(=O)[C@@H]1CCCCCCCCC[C@H](NC(=O)OC(C)(C)C)C(=O)N2CC[C@H](C)[C@H]2C(=O)N1. The molecule has 0 aliphatic carbocycles. The van der Waals surface area contributed by atoms with Gasteiger partial charge in [-0.1, -0.05) is 51.9 Å². The number of hydrogen-bond acceptors (Lipinski definition) is 6. The summed E-state index contributed by atoms with van der Waals surface area (Å²) in [6, 6.07) is -2.19.